The minimum Gasteiger partial charge on any atom is -0.325 e. The normalized spacial score (nSPS) is 12.2. The molecular formula is C28H22F3NOS. The van der Waals surface area contributed by atoms with Gasteiger partial charge in [0.25, 0.3) is 0 Å². The second kappa shape index (κ2) is 10.2. The molecule has 1 unspecified atom stereocenters. The van der Waals surface area contributed by atoms with Crippen LogP contribution >= 0.6 is 11.8 Å². The minimum absolute atomic E-state index is 0.277. The van der Waals surface area contributed by atoms with E-state index in [-0.39, 0.29) is 11.5 Å². The minimum atomic E-state index is -1.25. The largest absolute Gasteiger partial charge is 0.325 e. The monoisotopic (exact) mass is 477 g/mol. The number of hydrogen-bond acceptors (Lipinski definition) is 2. The highest BCUT2D eigenvalue weighted by molar-refractivity contribution is 8.01. The summed E-state index contributed by atoms with van der Waals surface area (Å²) in [6, 6.07) is 26.7. The van der Waals surface area contributed by atoms with Gasteiger partial charge >= 0.3 is 0 Å². The third kappa shape index (κ3) is 4.87. The first-order valence-electron chi connectivity index (χ1n) is 10.7. The van der Waals surface area contributed by atoms with Gasteiger partial charge in [-0.3, -0.25) is 4.79 Å². The van der Waals surface area contributed by atoms with Crippen molar-refractivity contribution in [3.63, 3.8) is 0 Å². The highest BCUT2D eigenvalue weighted by Gasteiger charge is 2.42. The molecule has 0 aliphatic rings. The van der Waals surface area contributed by atoms with Crippen LogP contribution in [0, 0.1) is 17.5 Å². The third-order valence-electron chi connectivity index (χ3n) is 5.52. The van der Waals surface area contributed by atoms with Gasteiger partial charge in [0.05, 0.1) is 10.00 Å². The van der Waals surface area contributed by atoms with Crippen LogP contribution in [0.3, 0.4) is 0 Å². The molecule has 4 aromatic rings. The molecule has 0 radical (unpaired) electrons. The fraction of sp³-hybridized carbons (Fsp3) is 0.107. The topological polar surface area (TPSA) is 29.1 Å². The van der Waals surface area contributed by atoms with E-state index in [1.54, 1.807) is 61.5 Å². The molecule has 0 saturated carbocycles. The zero-order chi connectivity index (χ0) is 24.1. The Morgan fingerprint density at radius 3 is 1.76 bits per heavy atom. The fourth-order valence-electron chi connectivity index (χ4n) is 3.88. The maximum Gasteiger partial charge on any atom is 0.237 e. The molecule has 0 saturated heterocycles. The highest BCUT2D eigenvalue weighted by atomic mass is 32.2. The molecule has 0 aliphatic carbocycles. The average Bonchev–Trinajstić information content (AvgIpc) is 2.84. The number of halogens is 3. The molecule has 172 valence electrons. The van der Waals surface area contributed by atoms with Gasteiger partial charge in [0.1, 0.15) is 17.5 Å². The summed E-state index contributed by atoms with van der Waals surface area (Å²) >= 11 is 1.21. The second-order valence-corrected chi connectivity index (χ2v) is 9.35. The number of thioether (sulfide) groups is 1. The summed E-state index contributed by atoms with van der Waals surface area (Å²) in [7, 11) is 0. The molecule has 0 fully saturated rings. The zero-order valence-corrected chi connectivity index (χ0v) is 19.2. The van der Waals surface area contributed by atoms with Crippen LogP contribution in [0.1, 0.15) is 23.6 Å². The van der Waals surface area contributed by atoms with E-state index in [0.29, 0.717) is 16.8 Å². The highest BCUT2D eigenvalue weighted by Crippen LogP contribution is 2.51. The van der Waals surface area contributed by atoms with Gasteiger partial charge < -0.3 is 5.32 Å². The molecule has 1 N–H and O–H groups in total. The second-order valence-electron chi connectivity index (χ2n) is 7.79. The maximum atomic E-state index is 15.4. The SMILES string of the molecule is CC(SC(c1ccc(F)cc1)(c1ccc(F)cc1)c1ccccc1F)C(=O)Nc1ccccc1. The summed E-state index contributed by atoms with van der Waals surface area (Å²) in [4.78, 5) is 13.1. The van der Waals surface area contributed by atoms with Crippen LogP contribution in [-0.4, -0.2) is 11.2 Å². The molecule has 0 bridgehead atoms. The van der Waals surface area contributed by atoms with Crippen LogP contribution in [0.5, 0.6) is 0 Å². The molecule has 0 heterocycles. The first-order valence-corrected chi connectivity index (χ1v) is 11.6. The number of rotatable bonds is 7. The van der Waals surface area contributed by atoms with Crippen LogP contribution in [0.25, 0.3) is 0 Å². The summed E-state index contributed by atoms with van der Waals surface area (Å²) in [6.45, 7) is 1.73. The van der Waals surface area contributed by atoms with E-state index < -0.39 is 27.4 Å². The molecule has 0 aliphatic heterocycles. The Kier molecular flexibility index (Phi) is 7.08. The lowest BCUT2D eigenvalue weighted by Crippen LogP contribution is -2.33. The number of benzene rings is 4. The number of anilines is 1. The molecule has 4 rings (SSSR count). The number of carbonyl (C=O) groups is 1. The van der Waals surface area contributed by atoms with E-state index in [1.165, 1.54) is 42.1 Å². The predicted octanol–water partition coefficient (Wildman–Crippen LogP) is 7.16. The molecule has 4 aromatic carbocycles. The lowest BCUT2D eigenvalue weighted by molar-refractivity contribution is -0.115. The summed E-state index contributed by atoms with van der Waals surface area (Å²) < 4.78 is 41.8. The molecule has 0 spiro atoms. The van der Waals surface area contributed by atoms with Gasteiger partial charge in [0.15, 0.2) is 0 Å². The van der Waals surface area contributed by atoms with Crippen LogP contribution < -0.4 is 5.32 Å². The smallest absolute Gasteiger partial charge is 0.237 e. The first kappa shape index (κ1) is 23.6. The Morgan fingerprint density at radius 2 is 1.24 bits per heavy atom. The molecule has 1 atom stereocenters. The van der Waals surface area contributed by atoms with Gasteiger partial charge in [0.2, 0.25) is 5.91 Å². The van der Waals surface area contributed by atoms with Crippen molar-refractivity contribution in [3.05, 3.63) is 137 Å². The predicted molar refractivity (Wildman–Crippen MR) is 131 cm³/mol. The Morgan fingerprint density at radius 1 is 0.735 bits per heavy atom. The van der Waals surface area contributed by atoms with Crippen LogP contribution in [-0.2, 0) is 9.54 Å². The summed E-state index contributed by atoms with van der Waals surface area (Å²) in [5.41, 5.74) is 2.06. The number of hydrogen-bond donors (Lipinski definition) is 1. The van der Waals surface area contributed by atoms with Crippen LogP contribution in [0.2, 0.25) is 0 Å². The number of amides is 1. The van der Waals surface area contributed by atoms with E-state index in [1.807, 2.05) is 18.2 Å². The van der Waals surface area contributed by atoms with Gasteiger partial charge in [-0.2, -0.15) is 0 Å². The van der Waals surface area contributed by atoms with E-state index in [2.05, 4.69) is 5.32 Å². The zero-order valence-electron chi connectivity index (χ0n) is 18.3. The maximum absolute atomic E-state index is 15.4. The summed E-state index contributed by atoms with van der Waals surface area (Å²) in [5.74, 6) is -1.64. The lowest BCUT2D eigenvalue weighted by atomic mass is 9.83. The average molecular weight is 478 g/mol. The van der Waals surface area contributed by atoms with Crippen molar-refractivity contribution in [2.45, 2.75) is 16.9 Å². The first-order chi connectivity index (χ1) is 16.4. The van der Waals surface area contributed by atoms with Gasteiger partial charge in [-0.05, 0) is 60.5 Å². The number of para-hydroxylation sites is 1. The van der Waals surface area contributed by atoms with E-state index in [0.717, 1.165) is 0 Å². The molecule has 2 nitrogen and oxygen atoms in total. The molecule has 0 aromatic heterocycles. The Labute approximate surface area is 200 Å². The van der Waals surface area contributed by atoms with Crippen LogP contribution in [0.15, 0.2) is 103 Å². The van der Waals surface area contributed by atoms with E-state index in [4.69, 9.17) is 0 Å². The van der Waals surface area contributed by atoms with Crippen molar-refractivity contribution in [1.29, 1.82) is 0 Å². The lowest BCUT2D eigenvalue weighted by Gasteiger charge is -2.37. The standard InChI is InChI=1S/C28H22F3NOS/c1-19(27(33)32-24-7-3-2-4-8-24)34-28(20-11-15-22(29)16-12-20,21-13-17-23(30)18-14-21)25-9-5-6-10-26(25)31/h2-19H,1H3,(H,32,33). The molecule has 34 heavy (non-hydrogen) atoms. The summed E-state index contributed by atoms with van der Waals surface area (Å²) in [5, 5.41) is 2.22. The van der Waals surface area contributed by atoms with Crippen molar-refractivity contribution < 1.29 is 18.0 Å². The van der Waals surface area contributed by atoms with Crippen molar-refractivity contribution in [2.24, 2.45) is 0 Å². The van der Waals surface area contributed by atoms with Crippen molar-refractivity contribution in [1.82, 2.24) is 0 Å². The number of nitrogens with one attached hydrogen (secondary N) is 1. The van der Waals surface area contributed by atoms with Crippen molar-refractivity contribution in [3.8, 4) is 0 Å². The third-order valence-corrected chi connectivity index (χ3v) is 7.13. The van der Waals surface area contributed by atoms with Crippen molar-refractivity contribution >= 4 is 23.4 Å². The van der Waals surface area contributed by atoms with E-state index >= 15 is 4.39 Å². The van der Waals surface area contributed by atoms with Gasteiger partial charge in [-0.25, -0.2) is 13.2 Å². The Balaban J connectivity index is 1.87. The molecular weight excluding hydrogens is 455 g/mol. The molecule has 6 heteroatoms. The van der Waals surface area contributed by atoms with Gasteiger partial charge in [-0.15, -0.1) is 11.8 Å². The van der Waals surface area contributed by atoms with Gasteiger partial charge in [0, 0.05) is 11.3 Å². The summed E-state index contributed by atoms with van der Waals surface area (Å²) in [6.07, 6.45) is 0. The molecule has 1 amide bonds. The van der Waals surface area contributed by atoms with Crippen molar-refractivity contribution in [2.75, 3.05) is 5.32 Å². The van der Waals surface area contributed by atoms with Gasteiger partial charge in [-0.1, -0.05) is 60.7 Å². The Hall–Kier alpha value is -3.51. The van der Waals surface area contributed by atoms with Crippen LogP contribution in [0.4, 0.5) is 18.9 Å². The fourth-order valence-corrected chi connectivity index (χ4v) is 5.41. The quantitative estimate of drug-likeness (QED) is 0.286. The van der Waals surface area contributed by atoms with E-state index in [9.17, 15) is 13.6 Å². The number of carbonyl (C=O) groups excluding carboxylic acids is 1. The Bertz CT molecular complexity index is 1220.